The van der Waals surface area contributed by atoms with Crippen LogP contribution in [0.3, 0.4) is 0 Å². The molecule has 1 N–H and O–H groups in total. The van der Waals surface area contributed by atoms with Crippen LogP contribution >= 0.6 is 11.8 Å². The highest BCUT2D eigenvalue weighted by Gasteiger charge is 2.21. The minimum atomic E-state index is -0.842. The zero-order valence-corrected chi connectivity index (χ0v) is 13.1. The number of benzene rings is 1. The Kier molecular flexibility index (Phi) is 8.85. The molecular formula is C14H21FN4OS. The summed E-state index contributed by atoms with van der Waals surface area (Å²) in [7, 11) is 1.48. The van der Waals surface area contributed by atoms with E-state index < -0.39 is 18.8 Å². The van der Waals surface area contributed by atoms with Crippen molar-refractivity contribution in [2.75, 3.05) is 32.3 Å². The van der Waals surface area contributed by atoms with Crippen LogP contribution in [0, 0.1) is 0 Å². The summed E-state index contributed by atoms with van der Waals surface area (Å²) in [5.41, 5.74) is 10.4. The Morgan fingerprint density at radius 2 is 2.14 bits per heavy atom. The van der Waals surface area contributed by atoms with E-state index in [0.717, 1.165) is 30.0 Å². The normalized spacial score (nSPS) is 13.5. The van der Waals surface area contributed by atoms with Crippen LogP contribution in [0.5, 0.6) is 0 Å². The predicted octanol–water partition coefficient (Wildman–Crippen LogP) is 3.48. The fourth-order valence-corrected chi connectivity index (χ4v) is 2.33. The number of nitrogens with zero attached hydrogens (tertiary/aromatic N) is 3. The first-order valence-corrected chi connectivity index (χ1v) is 8.07. The molecule has 0 saturated heterocycles. The number of rotatable bonds is 10. The van der Waals surface area contributed by atoms with Crippen molar-refractivity contribution in [1.82, 2.24) is 5.32 Å². The van der Waals surface area contributed by atoms with Gasteiger partial charge in [0.2, 0.25) is 0 Å². The Hall–Kier alpha value is -1.27. The number of halogens is 1. The van der Waals surface area contributed by atoms with Gasteiger partial charge in [0.25, 0.3) is 0 Å². The quantitative estimate of drug-likeness (QED) is 0.311. The second kappa shape index (κ2) is 10.5. The zero-order valence-electron chi connectivity index (χ0n) is 12.3. The Morgan fingerprint density at radius 3 is 2.67 bits per heavy atom. The number of alkyl halides is 1. The lowest BCUT2D eigenvalue weighted by Crippen LogP contribution is -2.20. The second-order valence-corrected chi connectivity index (χ2v) is 5.48. The maximum Gasteiger partial charge on any atom is 0.101 e. The van der Waals surface area contributed by atoms with Crippen LogP contribution in [0.4, 0.5) is 4.39 Å². The lowest BCUT2D eigenvalue weighted by Gasteiger charge is -2.20. The summed E-state index contributed by atoms with van der Waals surface area (Å²) in [5.74, 6) is 1.08. The van der Waals surface area contributed by atoms with Gasteiger partial charge in [-0.3, -0.25) is 4.39 Å². The Morgan fingerprint density at radius 1 is 1.43 bits per heavy atom. The standard InChI is InChI=1S/C14H21FN4OS/c1-20-14(13(9-15)18-19-16)12-5-3-11(4-6-12)10-17-7-8-21-2/h3-6,13-14,17H,7-10H2,1-2H3/t13-,14-/m1/s1. The molecule has 0 bridgehead atoms. The lowest BCUT2D eigenvalue weighted by molar-refractivity contribution is 0.0722. The van der Waals surface area contributed by atoms with Gasteiger partial charge in [0.05, 0.1) is 12.1 Å². The van der Waals surface area contributed by atoms with Crippen molar-refractivity contribution < 1.29 is 9.13 Å². The first-order chi connectivity index (χ1) is 10.3. The van der Waals surface area contributed by atoms with Gasteiger partial charge in [0, 0.05) is 30.9 Å². The highest BCUT2D eigenvalue weighted by Crippen LogP contribution is 2.24. The van der Waals surface area contributed by atoms with Gasteiger partial charge >= 0.3 is 0 Å². The van der Waals surface area contributed by atoms with Crippen molar-refractivity contribution >= 4 is 11.8 Å². The van der Waals surface area contributed by atoms with Gasteiger partial charge in [-0.25, -0.2) is 0 Å². The first-order valence-electron chi connectivity index (χ1n) is 6.68. The molecule has 1 aromatic carbocycles. The van der Waals surface area contributed by atoms with E-state index in [4.69, 9.17) is 10.3 Å². The Bertz CT molecular complexity index is 451. The van der Waals surface area contributed by atoms with Crippen LogP contribution in [-0.2, 0) is 11.3 Å². The molecule has 0 aromatic heterocycles. The van der Waals surface area contributed by atoms with E-state index in [9.17, 15) is 4.39 Å². The van der Waals surface area contributed by atoms with Crippen LogP contribution < -0.4 is 5.32 Å². The molecule has 2 atom stereocenters. The van der Waals surface area contributed by atoms with Gasteiger partial charge < -0.3 is 10.1 Å². The molecule has 0 heterocycles. The SMILES string of the molecule is CO[C@H](c1ccc(CNCCSC)cc1)[C@@H](CF)N=[N+]=[N-]. The third-order valence-electron chi connectivity index (χ3n) is 3.08. The second-order valence-electron chi connectivity index (χ2n) is 4.49. The van der Waals surface area contributed by atoms with Crippen LogP contribution in [0.15, 0.2) is 29.4 Å². The first kappa shape index (κ1) is 17.8. The molecule has 0 fully saturated rings. The fourth-order valence-electron chi connectivity index (χ4n) is 1.99. The molecule has 5 nitrogen and oxygen atoms in total. The number of azide groups is 1. The van der Waals surface area contributed by atoms with Crippen LogP contribution in [0.1, 0.15) is 17.2 Å². The van der Waals surface area contributed by atoms with E-state index in [2.05, 4.69) is 21.6 Å². The van der Waals surface area contributed by atoms with E-state index >= 15 is 0 Å². The molecule has 0 aliphatic rings. The predicted molar refractivity (Wildman–Crippen MR) is 85.2 cm³/mol. The maximum atomic E-state index is 12.9. The molecule has 0 aliphatic carbocycles. The Labute approximate surface area is 128 Å². The zero-order chi connectivity index (χ0) is 15.5. The molecule has 0 amide bonds. The molecule has 21 heavy (non-hydrogen) atoms. The highest BCUT2D eigenvalue weighted by atomic mass is 32.2. The lowest BCUT2D eigenvalue weighted by atomic mass is 10.0. The highest BCUT2D eigenvalue weighted by molar-refractivity contribution is 7.98. The van der Waals surface area contributed by atoms with Gasteiger partial charge in [-0.15, -0.1) is 0 Å². The fraction of sp³-hybridized carbons (Fsp3) is 0.571. The topological polar surface area (TPSA) is 70.0 Å². The minimum absolute atomic E-state index is 0.565. The van der Waals surface area contributed by atoms with Crippen molar-refractivity contribution in [3.63, 3.8) is 0 Å². The summed E-state index contributed by atoms with van der Waals surface area (Å²) in [6, 6.07) is 6.87. The molecule has 0 spiro atoms. The van der Waals surface area contributed by atoms with Crippen LogP contribution in [0.2, 0.25) is 0 Å². The molecule has 116 valence electrons. The van der Waals surface area contributed by atoms with Gasteiger partial charge in [0.1, 0.15) is 6.67 Å². The van der Waals surface area contributed by atoms with E-state index in [1.807, 2.05) is 24.3 Å². The van der Waals surface area contributed by atoms with Crippen LogP contribution in [0.25, 0.3) is 10.4 Å². The maximum absolute atomic E-state index is 12.9. The van der Waals surface area contributed by atoms with Gasteiger partial charge in [-0.1, -0.05) is 29.4 Å². The van der Waals surface area contributed by atoms with Gasteiger partial charge in [-0.05, 0) is 22.9 Å². The van der Waals surface area contributed by atoms with Crippen molar-refractivity contribution in [1.29, 1.82) is 0 Å². The van der Waals surface area contributed by atoms with Crippen molar-refractivity contribution in [3.8, 4) is 0 Å². The van der Waals surface area contributed by atoms with Crippen molar-refractivity contribution in [2.24, 2.45) is 5.11 Å². The summed E-state index contributed by atoms with van der Waals surface area (Å²) < 4.78 is 18.2. The average molecular weight is 312 g/mol. The summed E-state index contributed by atoms with van der Waals surface area (Å²) in [6.07, 6.45) is 1.51. The van der Waals surface area contributed by atoms with Crippen LogP contribution in [-0.4, -0.2) is 38.4 Å². The molecule has 0 aliphatic heterocycles. The number of methoxy groups -OCH3 is 1. The monoisotopic (exact) mass is 312 g/mol. The van der Waals surface area contributed by atoms with E-state index in [-0.39, 0.29) is 0 Å². The summed E-state index contributed by atoms with van der Waals surface area (Å²) in [4.78, 5) is 2.67. The molecule has 0 unspecified atom stereocenters. The molecule has 0 saturated carbocycles. The smallest absolute Gasteiger partial charge is 0.101 e. The number of hydrogen-bond donors (Lipinski definition) is 1. The molecule has 0 radical (unpaired) electrons. The summed E-state index contributed by atoms with van der Waals surface area (Å²) >= 11 is 1.80. The number of nitrogens with one attached hydrogen (secondary N) is 1. The van der Waals surface area contributed by atoms with E-state index in [1.165, 1.54) is 7.11 Å². The Balaban J connectivity index is 2.68. The number of hydrogen-bond acceptors (Lipinski definition) is 4. The van der Waals surface area contributed by atoms with Crippen molar-refractivity contribution in [2.45, 2.75) is 18.7 Å². The average Bonchev–Trinajstić information content (AvgIpc) is 2.52. The van der Waals surface area contributed by atoms with E-state index in [1.54, 1.807) is 11.8 Å². The molecule has 1 aromatic rings. The third-order valence-corrected chi connectivity index (χ3v) is 3.69. The summed E-state index contributed by atoms with van der Waals surface area (Å²) in [5, 5.41) is 6.79. The molecule has 7 heteroatoms. The largest absolute Gasteiger partial charge is 0.376 e. The number of ether oxygens (including phenoxy) is 1. The van der Waals surface area contributed by atoms with Crippen molar-refractivity contribution in [3.05, 3.63) is 45.8 Å². The van der Waals surface area contributed by atoms with Gasteiger partial charge in [-0.2, -0.15) is 11.8 Å². The number of thioether (sulfide) groups is 1. The summed E-state index contributed by atoms with van der Waals surface area (Å²) in [6.45, 7) is 1.01. The molecular weight excluding hydrogens is 291 g/mol. The molecule has 1 rings (SSSR count). The minimum Gasteiger partial charge on any atom is -0.376 e. The third kappa shape index (κ3) is 5.93. The van der Waals surface area contributed by atoms with Gasteiger partial charge in [0.15, 0.2) is 0 Å². The van der Waals surface area contributed by atoms with E-state index in [0.29, 0.717) is 0 Å².